The van der Waals surface area contributed by atoms with Crippen LogP contribution in [0.25, 0.3) is 86.6 Å². The Morgan fingerprint density at radius 3 is 1.45 bits per heavy atom. The average molecular weight is 782 g/mol. The Morgan fingerprint density at radius 1 is 0.250 bits per heavy atom. The molecule has 11 aromatic rings. The Labute approximate surface area is 354 Å². The number of nitrogens with zero attached hydrogens (tertiary/aromatic N) is 1. The lowest BCUT2D eigenvalue weighted by atomic mass is 9.95. The molecular formula is C58H39NS. The summed E-state index contributed by atoms with van der Waals surface area (Å²) in [5.74, 6) is 0. The van der Waals surface area contributed by atoms with Crippen molar-refractivity contribution in [1.29, 1.82) is 0 Å². The van der Waals surface area contributed by atoms with Gasteiger partial charge in [0.2, 0.25) is 0 Å². The fourth-order valence-corrected chi connectivity index (χ4v) is 9.72. The van der Waals surface area contributed by atoms with Gasteiger partial charge in [0.25, 0.3) is 0 Å². The minimum atomic E-state index is 1.10. The van der Waals surface area contributed by atoms with Gasteiger partial charge in [-0.05, 0) is 133 Å². The summed E-state index contributed by atoms with van der Waals surface area (Å²) in [6.07, 6.45) is 0. The summed E-state index contributed by atoms with van der Waals surface area (Å²) in [5.41, 5.74) is 15.3. The van der Waals surface area contributed by atoms with Gasteiger partial charge >= 0.3 is 0 Å². The molecule has 282 valence electrons. The minimum Gasteiger partial charge on any atom is -0.310 e. The van der Waals surface area contributed by atoms with E-state index in [4.69, 9.17) is 0 Å². The third kappa shape index (κ3) is 6.73. The minimum absolute atomic E-state index is 1.10. The topological polar surface area (TPSA) is 3.24 Å². The second-order valence-electron chi connectivity index (χ2n) is 15.3. The van der Waals surface area contributed by atoms with Crippen molar-refractivity contribution in [3.05, 3.63) is 237 Å². The lowest BCUT2D eigenvalue weighted by Crippen LogP contribution is -2.10. The van der Waals surface area contributed by atoms with E-state index in [1.54, 1.807) is 0 Å². The van der Waals surface area contributed by atoms with Crippen LogP contribution in [0.15, 0.2) is 237 Å². The summed E-state index contributed by atoms with van der Waals surface area (Å²) in [6.45, 7) is 0. The summed E-state index contributed by atoms with van der Waals surface area (Å²) >= 11 is 1.86. The van der Waals surface area contributed by atoms with Crippen LogP contribution in [0.3, 0.4) is 0 Å². The molecule has 0 aliphatic carbocycles. The zero-order valence-electron chi connectivity index (χ0n) is 32.9. The monoisotopic (exact) mass is 781 g/mol. The van der Waals surface area contributed by atoms with E-state index in [0.29, 0.717) is 0 Å². The third-order valence-corrected chi connectivity index (χ3v) is 12.8. The molecule has 0 fully saturated rings. The highest BCUT2D eigenvalue weighted by Gasteiger charge is 2.16. The van der Waals surface area contributed by atoms with Gasteiger partial charge in [-0.2, -0.15) is 0 Å². The van der Waals surface area contributed by atoms with Crippen LogP contribution in [0.5, 0.6) is 0 Å². The lowest BCUT2D eigenvalue weighted by molar-refractivity contribution is 1.28. The molecule has 0 N–H and O–H groups in total. The second-order valence-corrected chi connectivity index (χ2v) is 16.4. The van der Waals surface area contributed by atoms with E-state index in [-0.39, 0.29) is 0 Å². The van der Waals surface area contributed by atoms with Crippen molar-refractivity contribution in [1.82, 2.24) is 0 Å². The SMILES string of the molecule is c1ccc(-c2cccc(-c3ccc(N(c4ccc(-c5ccc6sc7ccccc7c6c5)cc4)c4cccc(-c5cccc(-c6cccc7ccccc67)c5)c4)cc3)c2)cc1. The molecule has 0 aliphatic rings. The normalized spacial score (nSPS) is 11.3. The van der Waals surface area contributed by atoms with Crippen molar-refractivity contribution in [3.63, 3.8) is 0 Å². The Bertz CT molecular complexity index is 3300. The molecule has 0 aliphatic heterocycles. The van der Waals surface area contributed by atoms with Crippen LogP contribution in [-0.2, 0) is 0 Å². The van der Waals surface area contributed by atoms with Crippen molar-refractivity contribution in [2.24, 2.45) is 0 Å². The van der Waals surface area contributed by atoms with Gasteiger partial charge in [-0.3, -0.25) is 0 Å². The van der Waals surface area contributed by atoms with E-state index >= 15 is 0 Å². The molecule has 1 nitrogen and oxygen atoms in total. The zero-order valence-corrected chi connectivity index (χ0v) is 33.7. The van der Waals surface area contributed by atoms with Crippen molar-refractivity contribution < 1.29 is 0 Å². The van der Waals surface area contributed by atoms with Gasteiger partial charge in [-0.1, -0.05) is 170 Å². The fourth-order valence-electron chi connectivity index (χ4n) is 8.64. The number of benzene rings is 10. The standard InChI is InChI=1S/C58H39NS/c1-2-12-40(13-3-1)44-16-8-17-45(36-44)41-26-31-50(32-27-41)59(51-33-28-42(29-34-51)48-30-35-58-56(39-48)55-23-6-7-25-57(55)60-58)52-21-10-19-47(38-52)46-18-9-20-49(37-46)54-24-11-15-43-14-4-5-22-53(43)54/h1-39H. The molecule has 0 radical (unpaired) electrons. The van der Waals surface area contributed by atoms with E-state index in [9.17, 15) is 0 Å². The number of hydrogen-bond donors (Lipinski definition) is 0. The van der Waals surface area contributed by atoms with Gasteiger partial charge in [-0.15, -0.1) is 11.3 Å². The van der Waals surface area contributed by atoms with E-state index in [2.05, 4.69) is 241 Å². The Kier molecular flexibility index (Phi) is 9.11. The summed E-state index contributed by atoms with van der Waals surface area (Å²) in [5, 5.41) is 5.15. The van der Waals surface area contributed by atoms with Crippen LogP contribution in [0, 0.1) is 0 Å². The number of thiophene rings is 1. The number of fused-ring (bicyclic) bond motifs is 4. The Balaban J connectivity index is 0.981. The molecule has 0 amide bonds. The van der Waals surface area contributed by atoms with Crippen LogP contribution in [0.4, 0.5) is 17.1 Å². The van der Waals surface area contributed by atoms with E-state index in [1.807, 2.05) is 11.3 Å². The molecule has 60 heavy (non-hydrogen) atoms. The zero-order chi connectivity index (χ0) is 39.8. The largest absolute Gasteiger partial charge is 0.310 e. The first-order valence-electron chi connectivity index (χ1n) is 20.5. The quantitative estimate of drug-likeness (QED) is 0.148. The molecule has 0 spiro atoms. The molecule has 0 unspecified atom stereocenters. The predicted molar refractivity (Wildman–Crippen MR) is 259 cm³/mol. The molecule has 0 saturated heterocycles. The summed E-state index contributed by atoms with van der Waals surface area (Å²) in [6, 6.07) is 86.1. The van der Waals surface area contributed by atoms with Gasteiger partial charge in [0, 0.05) is 37.2 Å². The number of hydrogen-bond acceptors (Lipinski definition) is 2. The first-order valence-corrected chi connectivity index (χ1v) is 21.3. The van der Waals surface area contributed by atoms with Crippen LogP contribution in [-0.4, -0.2) is 0 Å². The third-order valence-electron chi connectivity index (χ3n) is 11.7. The summed E-state index contributed by atoms with van der Waals surface area (Å²) in [7, 11) is 0. The fraction of sp³-hybridized carbons (Fsp3) is 0. The number of anilines is 3. The molecule has 0 bridgehead atoms. The van der Waals surface area contributed by atoms with Gasteiger partial charge in [0.05, 0.1) is 0 Å². The number of rotatable bonds is 8. The van der Waals surface area contributed by atoms with Crippen LogP contribution in [0.2, 0.25) is 0 Å². The van der Waals surface area contributed by atoms with Gasteiger partial charge in [-0.25, -0.2) is 0 Å². The van der Waals surface area contributed by atoms with Crippen molar-refractivity contribution in [2.75, 3.05) is 4.90 Å². The smallest absolute Gasteiger partial charge is 0.0467 e. The van der Waals surface area contributed by atoms with Crippen molar-refractivity contribution >= 4 is 59.3 Å². The molecule has 0 atom stereocenters. The highest BCUT2D eigenvalue weighted by atomic mass is 32.1. The van der Waals surface area contributed by atoms with E-state index in [1.165, 1.54) is 86.6 Å². The molecule has 10 aromatic carbocycles. The average Bonchev–Trinajstić information content (AvgIpc) is 3.70. The second kappa shape index (κ2) is 15.3. The Hall–Kier alpha value is -7.52. The molecule has 0 saturated carbocycles. The van der Waals surface area contributed by atoms with Gasteiger partial charge in [0.15, 0.2) is 0 Å². The first kappa shape index (κ1) is 35.6. The van der Waals surface area contributed by atoms with E-state index in [0.717, 1.165) is 17.1 Å². The predicted octanol–water partition coefficient (Wildman–Crippen LogP) is 17.0. The lowest BCUT2D eigenvalue weighted by Gasteiger charge is -2.26. The molecule has 2 heteroatoms. The van der Waals surface area contributed by atoms with Gasteiger partial charge in [0.1, 0.15) is 0 Å². The summed E-state index contributed by atoms with van der Waals surface area (Å²) in [4.78, 5) is 2.38. The highest BCUT2D eigenvalue weighted by molar-refractivity contribution is 7.25. The van der Waals surface area contributed by atoms with Gasteiger partial charge < -0.3 is 4.90 Å². The first-order chi connectivity index (χ1) is 29.7. The molecule has 1 aromatic heterocycles. The van der Waals surface area contributed by atoms with Crippen molar-refractivity contribution in [2.45, 2.75) is 0 Å². The maximum Gasteiger partial charge on any atom is 0.0467 e. The summed E-state index contributed by atoms with van der Waals surface area (Å²) < 4.78 is 2.65. The maximum absolute atomic E-state index is 2.38. The Morgan fingerprint density at radius 2 is 0.717 bits per heavy atom. The van der Waals surface area contributed by atoms with Crippen LogP contribution < -0.4 is 4.90 Å². The molecule has 1 heterocycles. The molecule has 11 rings (SSSR count). The maximum atomic E-state index is 2.38. The highest BCUT2D eigenvalue weighted by Crippen LogP contribution is 2.41. The van der Waals surface area contributed by atoms with E-state index < -0.39 is 0 Å². The van der Waals surface area contributed by atoms with Crippen LogP contribution in [0.1, 0.15) is 0 Å². The van der Waals surface area contributed by atoms with Crippen molar-refractivity contribution in [3.8, 4) is 55.6 Å². The van der Waals surface area contributed by atoms with Crippen LogP contribution >= 0.6 is 11.3 Å². The molecular weight excluding hydrogens is 743 g/mol.